The highest BCUT2D eigenvalue weighted by Crippen LogP contribution is 2.32. The summed E-state index contributed by atoms with van der Waals surface area (Å²) in [5.41, 5.74) is 1.27. The van der Waals surface area contributed by atoms with Crippen LogP contribution in [0.25, 0.3) is 11.0 Å². The Kier molecular flexibility index (Phi) is 5.24. The van der Waals surface area contributed by atoms with E-state index in [0.717, 1.165) is 18.2 Å². The molecule has 1 atom stereocenters. The number of amides is 1. The Bertz CT molecular complexity index is 1040. The molecule has 156 valence electrons. The summed E-state index contributed by atoms with van der Waals surface area (Å²) in [6.07, 6.45) is 3.64. The van der Waals surface area contributed by atoms with Gasteiger partial charge < -0.3 is 18.8 Å². The summed E-state index contributed by atoms with van der Waals surface area (Å²) >= 11 is 0. The lowest BCUT2D eigenvalue weighted by atomic mass is 10.1. The van der Waals surface area contributed by atoms with E-state index in [4.69, 9.17) is 13.9 Å². The van der Waals surface area contributed by atoms with Crippen LogP contribution in [0.4, 0.5) is 0 Å². The zero-order chi connectivity index (χ0) is 20.6. The highest BCUT2D eigenvalue weighted by atomic mass is 32.2. The van der Waals surface area contributed by atoms with E-state index in [2.05, 4.69) is 0 Å². The van der Waals surface area contributed by atoms with Gasteiger partial charge in [0.2, 0.25) is 0 Å². The highest BCUT2D eigenvalue weighted by molar-refractivity contribution is 7.91. The van der Waals surface area contributed by atoms with Gasteiger partial charge in [0.05, 0.1) is 31.3 Å². The number of ether oxygens (including phenoxy) is 2. The molecule has 1 amide bonds. The van der Waals surface area contributed by atoms with E-state index in [1.807, 2.05) is 0 Å². The van der Waals surface area contributed by atoms with E-state index >= 15 is 0 Å². The number of carbonyl (C=O) groups is 2. The lowest BCUT2D eigenvalue weighted by molar-refractivity contribution is -0.152. The fourth-order valence-electron chi connectivity index (χ4n) is 3.80. The average Bonchev–Trinajstić information content (AvgIpc) is 3.35. The fourth-order valence-corrected chi connectivity index (χ4v) is 5.51. The second-order valence-corrected chi connectivity index (χ2v) is 9.78. The number of hydrogen-bond donors (Lipinski definition) is 0. The van der Waals surface area contributed by atoms with Crippen LogP contribution >= 0.6 is 0 Å². The van der Waals surface area contributed by atoms with Crippen LogP contribution in [-0.4, -0.2) is 62.5 Å². The number of methoxy groups -OCH3 is 1. The number of furan rings is 1. The molecule has 0 radical (unpaired) electrons. The SMILES string of the molecule is COc1ccc2c(CC(=O)OCC(=O)N(C3CC3)[C@H]3CCS(=O)(=O)C3)coc2c1. The fraction of sp³-hybridized carbons (Fsp3) is 0.500. The Balaban J connectivity index is 1.36. The molecular weight excluding hydrogens is 398 g/mol. The Labute approximate surface area is 168 Å². The Morgan fingerprint density at radius 2 is 2.00 bits per heavy atom. The third-order valence-corrected chi connectivity index (χ3v) is 7.13. The van der Waals surface area contributed by atoms with Gasteiger partial charge in [-0.3, -0.25) is 9.59 Å². The highest BCUT2D eigenvalue weighted by Gasteiger charge is 2.42. The number of hydrogen-bond acceptors (Lipinski definition) is 7. The van der Waals surface area contributed by atoms with Crippen molar-refractivity contribution in [2.45, 2.75) is 37.8 Å². The first kappa shape index (κ1) is 19.8. The number of nitrogens with zero attached hydrogens (tertiary/aromatic N) is 1. The summed E-state index contributed by atoms with van der Waals surface area (Å²) in [6, 6.07) is 5.07. The van der Waals surface area contributed by atoms with E-state index < -0.39 is 15.8 Å². The van der Waals surface area contributed by atoms with E-state index in [1.54, 1.807) is 30.2 Å². The minimum Gasteiger partial charge on any atom is -0.497 e. The zero-order valence-electron chi connectivity index (χ0n) is 16.1. The van der Waals surface area contributed by atoms with Crippen molar-refractivity contribution in [3.05, 3.63) is 30.0 Å². The Morgan fingerprint density at radius 1 is 1.21 bits per heavy atom. The quantitative estimate of drug-likeness (QED) is 0.627. The van der Waals surface area contributed by atoms with E-state index in [-0.39, 0.29) is 42.5 Å². The van der Waals surface area contributed by atoms with Gasteiger partial charge in [0.1, 0.15) is 11.3 Å². The van der Waals surface area contributed by atoms with Gasteiger partial charge in [-0.1, -0.05) is 0 Å². The molecule has 0 unspecified atom stereocenters. The van der Waals surface area contributed by atoms with Gasteiger partial charge >= 0.3 is 5.97 Å². The maximum Gasteiger partial charge on any atom is 0.310 e. The van der Waals surface area contributed by atoms with Crippen LogP contribution in [-0.2, 0) is 30.6 Å². The molecule has 29 heavy (non-hydrogen) atoms. The summed E-state index contributed by atoms with van der Waals surface area (Å²) in [6.45, 7) is -0.379. The zero-order valence-corrected chi connectivity index (χ0v) is 16.9. The molecule has 1 aromatic heterocycles. The maximum atomic E-state index is 12.6. The van der Waals surface area contributed by atoms with Crippen molar-refractivity contribution in [2.24, 2.45) is 0 Å². The second kappa shape index (κ2) is 7.70. The van der Waals surface area contributed by atoms with Crippen LogP contribution in [0.2, 0.25) is 0 Å². The maximum absolute atomic E-state index is 12.6. The third kappa shape index (κ3) is 4.39. The molecule has 1 aliphatic carbocycles. The molecular formula is C20H23NO7S. The van der Waals surface area contributed by atoms with Crippen molar-refractivity contribution in [1.29, 1.82) is 0 Å². The summed E-state index contributed by atoms with van der Waals surface area (Å²) in [5, 5.41) is 0.782. The van der Waals surface area contributed by atoms with E-state index in [9.17, 15) is 18.0 Å². The first-order valence-electron chi connectivity index (χ1n) is 9.57. The first-order valence-corrected chi connectivity index (χ1v) is 11.4. The molecule has 2 fully saturated rings. The molecule has 1 saturated heterocycles. The summed E-state index contributed by atoms with van der Waals surface area (Å²) in [4.78, 5) is 26.5. The summed E-state index contributed by atoms with van der Waals surface area (Å²) in [7, 11) is -1.53. The van der Waals surface area contributed by atoms with Crippen molar-refractivity contribution >= 4 is 32.7 Å². The molecule has 1 saturated carbocycles. The van der Waals surface area contributed by atoms with Crippen LogP contribution in [0.1, 0.15) is 24.8 Å². The minimum absolute atomic E-state index is 0.00629. The number of fused-ring (bicyclic) bond motifs is 1. The summed E-state index contributed by atoms with van der Waals surface area (Å²) < 4.78 is 39.3. The predicted molar refractivity (Wildman–Crippen MR) is 104 cm³/mol. The second-order valence-electron chi connectivity index (χ2n) is 7.55. The van der Waals surface area contributed by atoms with Gasteiger partial charge in [-0.05, 0) is 31.4 Å². The van der Waals surface area contributed by atoms with Gasteiger partial charge in [-0.15, -0.1) is 0 Å². The van der Waals surface area contributed by atoms with E-state index in [1.165, 1.54) is 6.26 Å². The lowest BCUT2D eigenvalue weighted by Gasteiger charge is -2.28. The van der Waals surface area contributed by atoms with Crippen molar-refractivity contribution < 1.29 is 31.9 Å². The summed E-state index contributed by atoms with van der Waals surface area (Å²) in [5.74, 6) is -0.114. The van der Waals surface area contributed by atoms with Crippen molar-refractivity contribution in [3.63, 3.8) is 0 Å². The molecule has 0 N–H and O–H groups in total. The predicted octanol–water partition coefficient (Wildman–Crippen LogP) is 1.71. The largest absolute Gasteiger partial charge is 0.497 e. The van der Waals surface area contributed by atoms with Gasteiger partial charge in [0, 0.05) is 29.1 Å². The van der Waals surface area contributed by atoms with Crippen molar-refractivity contribution in [3.8, 4) is 5.75 Å². The molecule has 4 rings (SSSR count). The molecule has 2 heterocycles. The normalized spacial score (nSPS) is 20.5. The molecule has 2 aromatic rings. The Morgan fingerprint density at radius 3 is 2.66 bits per heavy atom. The molecule has 1 aliphatic heterocycles. The molecule has 2 aliphatic rings. The number of rotatable bonds is 7. The monoisotopic (exact) mass is 421 g/mol. The van der Waals surface area contributed by atoms with Gasteiger partial charge in [-0.2, -0.15) is 0 Å². The van der Waals surface area contributed by atoms with Crippen LogP contribution < -0.4 is 4.74 Å². The van der Waals surface area contributed by atoms with Gasteiger partial charge in [0.25, 0.3) is 5.91 Å². The van der Waals surface area contributed by atoms with Gasteiger partial charge in [0.15, 0.2) is 16.4 Å². The Hall–Kier alpha value is -2.55. The molecule has 0 bridgehead atoms. The lowest BCUT2D eigenvalue weighted by Crippen LogP contribution is -2.44. The van der Waals surface area contributed by atoms with Crippen molar-refractivity contribution in [2.75, 3.05) is 25.2 Å². The topological polar surface area (TPSA) is 103 Å². The standard InChI is InChI=1S/C20H23NO7S/c1-26-16-4-5-17-13(10-27-18(17)9-16)8-20(23)28-11-19(22)21(14-2-3-14)15-6-7-29(24,25)12-15/h4-5,9-10,14-15H,2-3,6-8,11-12H2,1H3/t15-/m0/s1. The van der Waals surface area contributed by atoms with Crippen LogP contribution in [0.15, 0.2) is 28.9 Å². The smallest absolute Gasteiger partial charge is 0.310 e. The number of esters is 1. The average molecular weight is 421 g/mol. The van der Waals surface area contributed by atoms with Crippen LogP contribution in [0.3, 0.4) is 0 Å². The molecule has 9 heteroatoms. The molecule has 0 spiro atoms. The molecule has 8 nitrogen and oxygen atoms in total. The number of benzene rings is 1. The van der Waals surface area contributed by atoms with Crippen molar-refractivity contribution in [1.82, 2.24) is 4.90 Å². The number of carbonyl (C=O) groups excluding carboxylic acids is 2. The molecule has 1 aromatic carbocycles. The van der Waals surface area contributed by atoms with Gasteiger partial charge in [-0.25, -0.2) is 8.42 Å². The van der Waals surface area contributed by atoms with E-state index in [0.29, 0.717) is 23.3 Å². The third-order valence-electron chi connectivity index (χ3n) is 5.38. The first-order chi connectivity index (χ1) is 13.9. The minimum atomic E-state index is -3.09. The van der Waals surface area contributed by atoms with Crippen LogP contribution in [0.5, 0.6) is 5.75 Å². The number of sulfone groups is 1. The van der Waals surface area contributed by atoms with Crippen LogP contribution in [0, 0.1) is 0 Å².